The highest BCUT2D eigenvalue weighted by Gasteiger charge is 2.15. The van der Waals surface area contributed by atoms with Gasteiger partial charge in [-0.05, 0) is 43.7 Å². The molecule has 0 aliphatic heterocycles. The van der Waals surface area contributed by atoms with Crippen molar-refractivity contribution in [1.29, 1.82) is 0 Å². The second-order valence-corrected chi connectivity index (χ2v) is 5.72. The lowest BCUT2D eigenvalue weighted by Gasteiger charge is -2.12. The zero-order chi connectivity index (χ0) is 18.9. The number of rotatable bonds is 4. The van der Waals surface area contributed by atoms with Crippen LogP contribution in [0.4, 0.5) is 0 Å². The number of nitrogens with zero attached hydrogens (tertiary/aromatic N) is 2. The topological polar surface area (TPSA) is 17.3 Å². The number of allylic oxidation sites excluding steroid dienone is 4. The van der Waals surface area contributed by atoms with Gasteiger partial charge in [-0.3, -0.25) is 4.99 Å². The third-order valence-corrected chi connectivity index (χ3v) is 3.91. The number of hydrogen-bond donors (Lipinski definition) is 0. The van der Waals surface area contributed by atoms with E-state index in [-0.39, 0.29) is 0 Å². The van der Waals surface area contributed by atoms with Crippen LogP contribution in [-0.2, 0) is 0 Å². The summed E-state index contributed by atoms with van der Waals surface area (Å²) in [5.74, 6) is 0. The Kier molecular flexibility index (Phi) is 6.96. The maximum atomic E-state index is 4.27. The van der Waals surface area contributed by atoms with Crippen LogP contribution in [0.2, 0.25) is 0 Å². The largest absolute Gasteiger partial charge is 0.309 e. The minimum absolute atomic E-state index is 1.09. The summed E-state index contributed by atoms with van der Waals surface area (Å²) in [6.45, 7) is 11.8. The molecule has 3 rings (SSSR count). The van der Waals surface area contributed by atoms with Gasteiger partial charge in [-0.1, -0.05) is 56.4 Å². The standard InChI is InChI=1S/C22H20N2.C2H6/c1-4-14-23-16-18(3)22-15-19-8-6-5-7-9-21(19)24(22)20-12-10-17(2)11-13-20;1-2/h4-6,8-16H,1H2,2-3H3;1-2H3/b18-16+,23-14?;. The minimum atomic E-state index is 1.09. The number of hydrogen-bond acceptors (Lipinski definition) is 1. The van der Waals surface area contributed by atoms with Crippen molar-refractivity contribution in [3.8, 4) is 5.69 Å². The van der Waals surface area contributed by atoms with Crippen LogP contribution in [0, 0.1) is 6.92 Å². The molecule has 0 saturated heterocycles. The van der Waals surface area contributed by atoms with Gasteiger partial charge in [-0.15, -0.1) is 5.73 Å². The van der Waals surface area contributed by atoms with Gasteiger partial charge < -0.3 is 4.57 Å². The Balaban J connectivity index is 0.00000117. The van der Waals surface area contributed by atoms with Crippen LogP contribution in [0.3, 0.4) is 0 Å². The van der Waals surface area contributed by atoms with Gasteiger partial charge >= 0.3 is 0 Å². The van der Waals surface area contributed by atoms with Crippen LogP contribution in [0.1, 0.15) is 43.3 Å². The molecule has 1 aromatic carbocycles. The van der Waals surface area contributed by atoms with E-state index in [0.29, 0.717) is 0 Å². The van der Waals surface area contributed by atoms with Crippen molar-refractivity contribution in [2.45, 2.75) is 27.7 Å². The predicted octanol–water partition coefficient (Wildman–Crippen LogP) is 6.62. The van der Waals surface area contributed by atoms with Gasteiger partial charge in [0.2, 0.25) is 0 Å². The van der Waals surface area contributed by atoms with Crippen LogP contribution >= 0.6 is 0 Å². The van der Waals surface area contributed by atoms with E-state index in [4.69, 9.17) is 0 Å². The lowest BCUT2D eigenvalue weighted by Crippen LogP contribution is -2.01. The average molecular weight is 342 g/mol. The van der Waals surface area contributed by atoms with Gasteiger partial charge in [0.15, 0.2) is 0 Å². The van der Waals surface area contributed by atoms with Crippen molar-refractivity contribution < 1.29 is 0 Å². The van der Waals surface area contributed by atoms with Crippen LogP contribution in [-0.4, -0.2) is 10.8 Å². The maximum Gasteiger partial charge on any atom is 0.0611 e. The maximum absolute atomic E-state index is 4.27. The molecule has 1 heterocycles. The van der Waals surface area contributed by atoms with Crippen molar-refractivity contribution >= 4 is 23.9 Å². The second-order valence-electron chi connectivity index (χ2n) is 5.72. The highest BCUT2D eigenvalue weighted by molar-refractivity contribution is 5.77. The molecule has 2 heteroatoms. The zero-order valence-electron chi connectivity index (χ0n) is 16.0. The summed E-state index contributed by atoms with van der Waals surface area (Å²) < 4.78 is 2.25. The van der Waals surface area contributed by atoms with Gasteiger partial charge in [0, 0.05) is 29.7 Å². The number of aromatic nitrogens is 1. The van der Waals surface area contributed by atoms with Gasteiger partial charge in [0.25, 0.3) is 0 Å². The molecular formula is C24H26N2. The van der Waals surface area contributed by atoms with E-state index in [1.165, 1.54) is 11.1 Å². The monoisotopic (exact) mass is 342 g/mol. The molecule has 0 saturated carbocycles. The lowest BCUT2D eigenvalue weighted by atomic mass is 10.2. The molecule has 0 amide bonds. The van der Waals surface area contributed by atoms with E-state index in [2.05, 4.69) is 72.1 Å². The highest BCUT2D eigenvalue weighted by atomic mass is 15.0. The molecule has 1 aliphatic carbocycles. The Morgan fingerprint density at radius 1 is 1.19 bits per heavy atom. The Bertz CT molecular complexity index is 910. The summed E-state index contributed by atoms with van der Waals surface area (Å²) in [7, 11) is 0. The van der Waals surface area contributed by atoms with E-state index in [1.807, 2.05) is 38.3 Å². The molecule has 0 atom stereocenters. The fourth-order valence-electron chi connectivity index (χ4n) is 2.70. The predicted molar refractivity (Wildman–Crippen MR) is 116 cm³/mol. The molecular weight excluding hydrogens is 316 g/mol. The quantitative estimate of drug-likeness (QED) is 0.438. The lowest BCUT2D eigenvalue weighted by molar-refractivity contribution is 1.03. The smallest absolute Gasteiger partial charge is 0.0611 e. The fourth-order valence-corrected chi connectivity index (χ4v) is 2.70. The molecule has 26 heavy (non-hydrogen) atoms. The summed E-state index contributed by atoms with van der Waals surface area (Å²) in [6, 6.07) is 10.7. The Morgan fingerprint density at radius 3 is 2.62 bits per heavy atom. The zero-order valence-corrected chi connectivity index (χ0v) is 16.0. The number of aryl methyl sites for hydroxylation is 1. The van der Waals surface area contributed by atoms with Crippen LogP contribution in [0.15, 0.2) is 72.1 Å². The van der Waals surface area contributed by atoms with E-state index >= 15 is 0 Å². The first kappa shape index (κ1) is 19.2. The van der Waals surface area contributed by atoms with Crippen molar-refractivity contribution in [3.63, 3.8) is 0 Å². The van der Waals surface area contributed by atoms with Gasteiger partial charge in [0.1, 0.15) is 0 Å². The molecule has 2 nitrogen and oxygen atoms in total. The number of fused-ring (bicyclic) bond motifs is 1. The average Bonchev–Trinajstić information content (AvgIpc) is 2.87. The van der Waals surface area contributed by atoms with Gasteiger partial charge in [0.05, 0.1) is 11.4 Å². The van der Waals surface area contributed by atoms with Gasteiger partial charge in [-0.25, -0.2) is 0 Å². The molecule has 0 spiro atoms. The third kappa shape index (κ3) is 4.30. The first-order chi connectivity index (χ1) is 12.7. The van der Waals surface area contributed by atoms with E-state index in [0.717, 1.165) is 22.6 Å². The molecule has 1 aliphatic rings. The molecule has 2 aromatic rings. The van der Waals surface area contributed by atoms with Crippen molar-refractivity contribution in [3.05, 3.63) is 89.6 Å². The molecule has 0 unspecified atom stereocenters. The Hall–Kier alpha value is -3.09. The highest BCUT2D eigenvalue weighted by Crippen LogP contribution is 2.29. The Labute approximate surface area is 156 Å². The number of benzene rings is 1. The van der Waals surface area contributed by atoms with E-state index in [1.54, 1.807) is 12.3 Å². The summed E-state index contributed by atoms with van der Waals surface area (Å²) in [5.41, 5.74) is 10.1. The molecule has 1 aromatic heterocycles. The Morgan fingerprint density at radius 2 is 1.92 bits per heavy atom. The first-order valence-electron chi connectivity index (χ1n) is 8.94. The van der Waals surface area contributed by atoms with Gasteiger partial charge in [-0.2, -0.15) is 0 Å². The van der Waals surface area contributed by atoms with Crippen LogP contribution in [0.5, 0.6) is 0 Å². The van der Waals surface area contributed by atoms with Crippen LogP contribution < -0.4 is 0 Å². The molecule has 0 radical (unpaired) electrons. The summed E-state index contributed by atoms with van der Waals surface area (Å²) in [4.78, 5) is 4.27. The summed E-state index contributed by atoms with van der Waals surface area (Å²) in [6.07, 6.45) is 13.3. The second kappa shape index (κ2) is 9.41. The molecule has 0 fully saturated rings. The minimum Gasteiger partial charge on any atom is -0.309 e. The fraction of sp³-hybridized carbons (Fsp3) is 0.167. The van der Waals surface area contributed by atoms with Crippen molar-refractivity contribution in [2.24, 2.45) is 4.99 Å². The first-order valence-corrected chi connectivity index (χ1v) is 8.94. The molecule has 0 bridgehead atoms. The molecule has 0 N–H and O–H groups in total. The third-order valence-electron chi connectivity index (χ3n) is 3.91. The van der Waals surface area contributed by atoms with E-state index in [9.17, 15) is 0 Å². The molecule has 132 valence electrons. The summed E-state index contributed by atoms with van der Waals surface area (Å²) >= 11 is 0. The van der Waals surface area contributed by atoms with Crippen molar-refractivity contribution in [1.82, 2.24) is 4.57 Å². The SMILES string of the molecule is C=CC=N/C=C(\C)c1cc2c(n1-c1ccc(C)cc1)C=C=CC=C2.CC. The van der Waals surface area contributed by atoms with Crippen LogP contribution in [0.25, 0.3) is 23.4 Å². The summed E-state index contributed by atoms with van der Waals surface area (Å²) in [5, 5.41) is 0. The van der Waals surface area contributed by atoms with E-state index < -0.39 is 0 Å². The normalized spacial score (nSPS) is 12.5. The van der Waals surface area contributed by atoms with Crippen molar-refractivity contribution in [2.75, 3.05) is 0 Å². The number of aliphatic imine (C=N–C) groups is 1.